The van der Waals surface area contributed by atoms with Gasteiger partial charge in [-0.15, -0.1) is 10.2 Å². The number of amides is 1. The van der Waals surface area contributed by atoms with Crippen LogP contribution < -0.4 is 10.1 Å². The Bertz CT molecular complexity index is 722. The van der Waals surface area contributed by atoms with Gasteiger partial charge in [0.25, 0.3) is 0 Å². The van der Waals surface area contributed by atoms with E-state index in [0.29, 0.717) is 27.5 Å². The Balaban J connectivity index is 1.98. The Morgan fingerprint density at radius 1 is 1.36 bits per heavy atom. The largest absolute Gasteiger partial charge is 0.481 e. The first-order chi connectivity index (χ1) is 11.9. The molecule has 2 aromatic rings. The van der Waals surface area contributed by atoms with Crippen LogP contribution in [0, 0.1) is 0 Å². The van der Waals surface area contributed by atoms with Crippen molar-refractivity contribution in [3.05, 3.63) is 35.1 Å². The average Bonchev–Trinajstić information content (AvgIpc) is 2.95. The molecule has 0 fully saturated rings. The molecule has 0 aliphatic rings. The van der Waals surface area contributed by atoms with E-state index in [2.05, 4.69) is 15.5 Å². The van der Waals surface area contributed by atoms with E-state index >= 15 is 0 Å². The van der Waals surface area contributed by atoms with Crippen LogP contribution in [0.2, 0.25) is 5.02 Å². The quantitative estimate of drug-likeness (QED) is 0.706. The van der Waals surface area contributed by atoms with E-state index in [0.717, 1.165) is 6.42 Å². The lowest BCUT2D eigenvalue weighted by atomic mass is 10.3. The minimum Gasteiger partial charge on any atom is -0.481 e. The van der Waals surface area contributed by atoms with Gasteiger partial charge in [0.2, 0.25) is 5.91 Å². The summed E-state index contributed by atoms with van der Waals surface area (Å²) < 4.78 is 7.71. The Labute approximate surface area is 157 Å². The zero-order chi connectivity index (χ0) is 18.4. The number of aromatic nitrogens is 3. The van der Waals surface area contributed by atoms with Gasteiger partial charge < -0.3 is 14.6 Å². The van der Waals surface area contributed by atoms with Crippen LogP contribution in [0.4, 0.5) is 0 Å². The molecule has 25 heavy (non-hydrogen) atoms. The molecule has 0 spiro atoms. The van der Waals surface area contributed by atoms with Gasteiger partial charge in [-0.05, 0) is 32.4 Å². The normalized spacial score (nSPS) is 13.3. The third-order valence-electron chi connectivity index (χ3n) is 3.72. The van der Waals surface area contributed by atoms with Crippen LogP contribution in [0.15, 0.2) is 29.4 Å². The highest BCUT2D eigenvalue weighted by Gasteiger charge is 2.19. The first kappa shape index (κ1) is 19.6. The van der Waals surface area contributed by atoms with Crippen LogP contribution in [-0.4, -0.2) is 32.5 Å². The predicted molar refractivity (Wildman–Crippen MR) is 100 cm³/mol. The van der Waals surface area contributed by atoms with Crippen molar-refractivity contribution in [2.24, 2.45) is 7.05 Å². The minimum absolute atomic E-state index is 0.00994. The summed E-state index contributed by atoms with van der Waals surface area (Å²) in [4.78, 5) is 11.9. The molecule has 1 amide bonds. The molecule has 0 bridgehead atoms. The van der Waals surface area contributed by atoms with Gasteiger partial charge in [-0.3, -0.25) is 4.79 Å². The van der Waals surface area contributed by atoms with Crippen molar-refractivity contribution in [1.29, 1.82) is 0 Å². The number of carbonyl (C=O) groups is 1. The third kappa shape index (κ3) is 5.37. The number of nitrogens with one attached hydrogen (secondary N) is 1. The predicted octanol–water partition coefficient (Wildman–Crippen LogP) is 3.62. The maximum Gasteiger partial charge on any atom is 0.230 e. The number of ether oxygens (including phenoxy) is 1. The number of benzene rings is 1. The molecule has 0 radical (unpaired) electrons. The Morgan fingerprint density at radius 3 is 2.76 bits per heavy atom. The molecule has 2 rings (SSSR count). The monoisotopic (exact) mass is 382 g/mol. The Morgan fingerprint density at radius 2 is 2.08 bits per heavy atom. The zero-order valence-corrected chi connectivity index (χ0v) is 16.4. The van der Waals surface area contributed by atoms with Gasteiger partial charge in [-0.1, -0.05) is 42.4 Å². The molecule has 2 unspecified atom stereocenters. The topological polar surface area (TPSA) is 69.0 Å². The SMILES string of the molecule is CCC(C)NC(=O)CSc1nnc(C(C)Oc2ccccc2Cl)n1C. The van der Waals surface area contributed by atoms with Gasteiger partial charge in [0.1, 0.15) is 5.75 Å². The molecule has 8 heteroatoms. The summed E-state index contributed by atoms with van der Waals surface area (Å²) in [6.07, 6.45) is 0.585. The van der Waals surface area contributed by atoms with E-state index in [-0.39, 0.29) is 18.1 Å². The fourth-order valence-electron chi connectivity index (χ4n) is 2.14. The van der Waals surface area contributed by atoms with Crippen molar-refractivity contribution in [2.75, 3.05) is 5.75 Å². The summed E-state index contributed by atoms with van der Waals surface area (Å²) in [5.41, 5.74) is 0. The summed E-state index contributed by atoms with van der Waals surface area (Å²) >= 11 is 7.47. The molecule has 1 aromatic carbocycles. The second kappa shape index (κ2) is 9.10. The number of rotatable bonds is 8. The lowest BCUT2D eigenvalue weighted by Gasteiger charge is -2.15. The molecular formula is C17H23ClN4O2S. The lowest BCUT2D eigenvalue weighted by Crippen LogP contribution is -2.33. The van der Waals surface area contributed by atoms with Crippen LogP contribution in [0.5, 0.6) is 5.75 Å². The van der Waals surface area contributed by atoms with Crippen LogP contribution in [0.1, 0.15) is 39.1 Å². The number of halogens is 1. The second-order valence-electron chi connectivity index (χ2n) is 5.76. The second-order valence-corrected chi connectivity index (χ2v) is 7.11. The Hall–Kier alpha value is -1.73. The average molecular weight is 383 g/mol. The fourth-order valence-corrected chi connectivity index (χ4v) is 3.05. The number of nitrogens with zero attached hydrogens (tertiary/aromatic N) is 3. The zero-order valence-electron chi connectivity index (χ0n) is 14.8. The van der Waals surface area contributed by atoms with Crippen LogP contribution in [0.25, 0.3) is 0 Å². The van der Waals surface area contributed by atoms with Gasteiger partial charge in [-0.25, -0.2) is 0 Å². The standard InChI is InChI=1S/C17H23ClN4O2S/c1-5-11(2)19-15(23)10-25-17-21-20-16(22(17)4)12(3)24-14-9-7-6-8-13(14)18/h6-9,11-12H,5,10H2,1-4H3,(H,19,23). The van der Waals surface area contributed by atoms with E-state index < -0.39 is 0 Å². The van der Waals surface area contributed by atoms with Gasteiger partial charge >= 0.3 is 0 Å². The highest BCUT2D eigenvalue weighted by molar-refractivity contribution is 7.99. The molecular weight excluding hydrogens is 360 g/mol. The first-order valence-corrected chi connectivity index (χ1v) is 9.51. The van der Waals surface area contributed by atoms with Crippen molar-refractivity contribution < 1.29 is 9.53 Å². The summed E-state index contributed by atoms with van der Waals surface area (Å²) in [6, 6.07) is 7.47. The number of thioether (sulfide) groups is 1. The number of hydrogen-bond acceptors (Lipinski definition) is 5. The summed E-state index contributed by atoms with van der Waals surface area (Å²) in [7, 11) is 1.86. The molecule has 1 heterocycles. The molecule has 136 valence electrons. The van der Waals surface area contributed by atoms with Gasteiger partial charge in [0.15, 0.2) is 17.1 Å². The lowest BCUT2D eigenvalue weighted by molar-refractivity contribution is -0.119. The van der Waals surface area contributed by atoms with Crippen molar-refractivity contribution in [1.82, 2.24) is 20.1 Å². The summed E-state index contributed by atoms with van der Waals surface area (Å²) in [5, 5.41) is 12.5. The smallest absolute Gasteiger partial charge is 0.230 e. The van der Waals surface area contributed by atoms with Crippen molar-refractivity contribution in [2.45, 2.75) is 44.5 Å². The van der Waals surface area contributed by atoms with E-state index in [4.69, 9.17) is 16.3 Å². The molecule has 2 atom stereocenters. The molecule has 1 N–H and O–H groups in total. The summed E-state index contributed by atoms with van der Waals surface area (Å²) in [6.45, 7) is 5.90. The maximum atomic E-state index is 11.9. The number of hydrogen-bond donors (Lipinski definition) is 1. The van der Waals surface area contributed by atoms with E-state index in [1.165, 1.54) is 11.8 Å². The van der Waals surface area contributed by atoms with E-state index in [1.54, 1.807) is 6.07 Å². The molecule has 6 nitrogen and oxygen atoms in total. The fraction of sp³-hybridized carbons (Fsp3) is 0.471. The molecule has 0 saturated heterocycles. The highest BCUT2D eigenvalue weighted by Crippen LogP contribution is 2.28. The molecule has 0 aliphatic carbocycles. The van der Waals surface area contributed by atoms with Crippen LogP contribution in [-0.2, 0) is 11.8 Å². The van der Waals surface area contributed by atoms with E-state index in [9.17, 15) is 4.79 Å². The first-order valence-electron chi connectivity index (χ1n) is 8.15. The number of carbonyl (C=O) groups excluding carboxylic acids is 1. The van der Waals surface area contributed by atoms with Crippen molar-refractivity contribution in [3.63, 3.8) is 0 Å². The number of para-hydroxylation sites is 1. The maximum absolute atomic E-state index is 11.9. The van der Waals surface area contributed by atoms with Crippen molar-refractivity contribution in [3.8, 4) is 5.75 Å². The van der Waals surface area contributed by atoms with Crippen LogP contribution in [0.3, 0.4) is 0 Å². The van der Waals surface area contributed by atoms with Gasteiger partial charge in [0.05, 0.1) is 10.8 Å². The molecule has 1 aromatic heterocycles. The molecule has 0 aliphatic heterocycles. The van der Waals surface area contributed by atoms with E-state index in [1.807, 2.05) is 50.6 Å². The summed E-state index contributed by atoms with van der Waals surface area (Å²) in [5.74, 6) is 1.56. The Kier molecular flexibility index (Phi) is 7.13. The van der Waals surface area contributed by atoms with Gasteiger partial charge in [-0.2, -0.15) is 0 Å². The van der Waals surface area contributed by atoms with Gasteiger partial charge in [0, 0.05) is 13.1 Å². The highest BCUT2D eigenvalue weighted by atomic mass is 35.5. The minimum atomic E-state index is -0.319. The van der Waals surface area contributed by atoms with Crippen molar-refractivity contribution >= 4 is 29.3 Å². The molecule has 0 saturated carbocycles. The van der Waals surface area contributed by atoms with Crippen LogP contribution >= 0.6 is 23.4 Å². The third-order valence-corrected chi connectivity index (χ3v) is 5.06.